The molecule has 0 aromatic heterocycles. The van der Waals surface area contributed by atoms with Crippen molar-refractivity contribution in [3.63, 3.8) is 0 Å². The first-order chi connectivity index (χ1) is 9.56. The Bertz CT molecular complexity index is 516. The average molecular weight is 277 g/mol. The molecule has 3 heteroatoms. The van der Waals surface area contributed by atoms with Crippen molar-refractivity contribution in [1.82, 2.24) is 0 Å². The molecule has 0 spiro atoms. The molecular weight excluding hydrogens is 253 g/mol. The molecule has 1 aromatic rings. The summed E-state index contributed by atoms with van der Waals surface area (Å²) in [7, 11) is 1.59. The smallest absolute Gasteiger partial charge is 0.130 e. The standard InChI is InChI=1S/C17H24FNO/c1-17-7-5-3-4-6-11(16(17)19)8-13-14(17)9-12(20-2)10-15(13)18/h9-11,16H,3-8,19H2,1-2H3/t11?,16?,17-/m1/s1. The molecule has 0 aliphatic heterocycles. The third-order valence-electron chi connectivity index (χ3n) is 5.50. The van der Waals surface area contributed by atoms with Crippen molar-refractivity contribution in [2.75, 3.05) is 7.11 Å². The van der Waals surface area contributed by atoms with E-state index in [0.717, 1.165) is 30.4 Å². The molecule has 0 heterocycles. The van der Waals surface area contributed by atoms with Gasteiger partial charge in [-0.3, -0.25) is 0 Å². The summed E-state index contributed by atoms with van der Waals surface area (Å²) in [5.41, 5.74) is 8.42. The van der Waals surface area contributed by atoms with Crippen LogP contribution in [-0.2, 0) is 11.8 Å². The molecule has 2 nitrogen and oxygen atoms in total. The lowest BCUT2D eigenvalue weighted by molar-refractivity contribution is 0.198. The lowest BCUT2D eigenvalue weighted by Crippen LogP contribution is -2.53. The fourth-order valence-corrected chi connectivity index (χ4v) is 4.19. The second-order valence-electron chi connectivity index (χ2n) is 6.64. The molecule has 2 N–H and O–H groups in total. The zero-order chi connectivity index (χ0) is 14.3. The van der Waals surface area contributed by atoms with Crippen LogP contribution in [0.1, 0.15) is 50.2 Å². The van der Waals surface area contributed by atoms with Gasteiger partial charge in [-0.2, -0.15) is 0 Å². The number of ether oxygens (including phenoxy) is 1. The van der Waals surface area contributed by atoms with Gasteiger partial charge in [0.1, 0.15) is 11.6 Å². The van der Waals surface area contributed by atoms with E-state index in [1.54, 1.807) is 7.11 Å². The van der Waals surface area contributed by atoms with Crippen molar-refractivity contribution in [1.29, 1.82) is 0 Å². The molecular formula is C17H24FNO. The van der Waals surface area contributed by atoms with Gasteiger partial charge in [0.2, 0.25) is 0 Å². The normalized spacial score (nSPS) is 33.0. The van der Waals surface area contributed by atoms with Crippen molar-refractivity contribution in [3.05, 3.63) is 29.1 Å². The van der Waals surface area contributed by atoms with Gasteiger partial charge < -0.3 is 10.5 Å². The Labute approximate surface area is 120 Å². The number of halogens is 1. The lowest BCUT2D eigenvalue weighted by atomic mass is 9.60. The third-order valence-corrected chi connectivity index (χ3v) is 5.50. The highest BCUT2D eigenvalue weighted by molar-refractivity contribution is 5.45. The number of methoxy groups -OCH3 is 1. The Morgan fingerprint density at radius 1 is 1.30 bits per heavy atom. The second kappa shape index (κ2) is 5.03. The number of hydrogen-bond acceptors (Lipinski definition) is 2. The van der Waals surface area contributed by atoms with Gasteiger partial charge in [-0.1, -0.05) is 26.2 Å². The SMILES string of the molecule is COc1cc(F)c2c(c1)[C@@]1(C)CCCCCC(C2)C1N. The summed E-state index contributed by atoms with van der Waals surface area (Å²) in [6.45, 7) is 2.22. The fourth-order valence-electron chi connectivity index (χ4n) is 4.19. The minimum absolute atomic E-state index is 0.117. The first-order valence-corrected chi connectivity index (χ1v) is 7.69. The highest BCUT2D eigenvalue weighted by Gasteiger charge is 2.44. The van der Waals surface area contributed by atoms with Crippen LogP contribution >= 0.6 is 0 Å². The van der Waals surface area contributed by atoms with Gasteiger partial charge in [-0.05, 0) is 42.4 Å². The molecule has 2 aliphatic rings. The van der Waals surface area contributed by atoms with E-state index in [2.05, 4.69) is 6.92 Å². The molecule has 0 saturated heterocycles. The molecule has 0 amide bonds. The van der Waals surface area contributed by atoms with Crippen LogP contribution in [0.4, 0.5) is 4.39 Å². The minimum Gasteiger partial charge on any atom is -0.497 e. The van der Waals surface area contributed by atoms with E-state index in [0.29, 0.717) is 11.7 Å². The summed E-state index contributed by atoms with van der Waals surface area (Å²) in [6.07, 6.45) is 6.62. The molecule has 20 heavy (non-hydrogen) atoms. The van der Waals surface area contributed by atoms with Gasteiger partial charge in [0, 0.05) is 17.5 Å². The third kappa shape index (κ3) is 2.03. The van der Waals surface area contributed by atoms with Crippen LogP contribution < -0.4 is 10.5 Å². The van der Waals surface area contributed by atoms with E-state index in [9.17, 15) is 4.39 Å². The minimum atomic E-state index is -0.122. The summed E-state index contributed by atoms with van der Waals surface area (Å²) in [5, 5.41) is 0. The van der Waals surface area contributed by atoms with Crippen LogP contribution in [0.2, 0.25) is 0 Å². The number of rotatable bonds is 1. The second-order valence-corrected chi connectivity index (χ2v) is 6.64. The van der Waals surface area contributed by atoms with E-state index in [4.69, 9.17) is 10.5 Å². The van der Waals surface area contributed by atoms with E-state index in [1.165, 1.54) is 25.3 Å². The zero-order valence-corrected chi connectivity index (χ0v) is 12.4. The average Bonchev–Trinajstić information content (AvgIpc) is 2.44. The highest BCUT2D eigenvalue weighted by Crippen LogP contribution is 2.47. The lowest BCUT2D eigenvalue weighted by Gasteiger charge is -2.47. The largest absolute Gasteiger partial charge is 0.497 e. The monoisotopic (exact) mass is 277 g/mol. The first kappa shape index (κ1) is 13.9. The maximum absolute atomic E-state index is 14.4. The maximum Gasteiger partial charge on any atom is 0.130 e. The van der Waals surface area contributed by atoms with Crippen molar-refractivity contribution in [2.45, 2.75) is 56.9 Å². The molecule has 2 aliphatic carbocycles. The summed E-state index contributed by atoms with van der Waals surface area (Å²) >= 11 is 0. The van der Waals surface area contributed by atoms with Gasteiger partial charge in [0.25, 0.3) is 0 Å². The molecule has 110 valence electrons. The highest BCUT2D eigenvalue weighted by atomic mass is 19.1. The van der Waals surface area contributed by atoms with Crippen LogP contribution in [0.3, 0.4) is 0 Å². The Kier molecular flexibility index (Phi) is 3.49. The molecule has 2 bridgehead atoms. The predicted octanol–water partition coefficient (Wildman–Crippen LogP) is 3.56. The van der Waals surface area contributed by atoms with E-state index >= 15 is 0 Å². The summed E-state index contributed by atoms with van der Waals surface area (Å²) in [4.78, 5) is 0. The Balaban J connectivity index is 2.15. The van der Waals surface area contributed by atoms with Gasteiger partial charge in [-0.25, -0.2) is 4.39 Å². The predicted molar refractivity (Wildman–Crippen MR) is 78.6 cm³/mol. The van der Waals surface area contributed by atoms with E-state index < -0.39 is 0 Å². The molecule has 3 rings (SSSR count). The quantitative estimate of drug-likeness (QED) is 0.852. The summed E-state index contributed by atoms with van der Waals surface area (Å²) in [6, 6.07) is 3.65. The number of nitrogens with two attached hydrogens (primary N) is 1. The zero-order valence-electron chi connectivity index (χ0n) is 12.4. The van der Waals surface area contributed by atoms with Crippen molar-refractivity contribution in [2.24, 2.45) is 11.7 Å². The van der Waals surface area contributed by atoms with Crippen LogP contribution in [0, 0.1) is 11.7 Å². The molecule has 1 saturated carbocycles. The summed E-state index contributed by atoms with van der Waals surface area (Å²) < 4.78 is 19.7. The van der Waals surface area contributed by atoms with Crippen molar-refractivity contribution < 1.29 is 9.13 Å². The Morgan fingerprint density at radius 2 is 2.10 bits per heavy atom. The molecule has 2 unspecified atom stereocenters. The number of benzene rings is 1. The fraction of sp³-hybridized carbons (Fsp3) is 0.647. The van der Waals surface area contributed by atoms with Gasteiger partial charge in [-0.15, -0.1) is 0 Å². The van der Waals surface area contributed by atoms with Crippen LogP contribution in [-0.4, -0.2) is 13.2 Å². The number of hydrogen-bond donors (Lipinski definition) is 1. The van der Waals surface area contributed by atoms with E-state index in [-0.39, 0.29) is 17.3 Å². The summed E-state index contributed by atoms with van der Waals surface area (Å²) in [5.74, 6) is 0.897. The topological polar surface area (TPSA) is 35.2 Å². The van der Waals surface area contributed by atoms with Crippen LogP contribution in [0.5, 0.6) is 5.75 Å². The maximum atomic E-state index is 14.4. The molecule has 1 fully saturated rings. The van der Waals surface area contributed by atoms with Crippen molar-refractivity contribution >= 4 is 0 Å². The van der Waals surface area contributed by atoms with Crippen LogP contribution in [0.15, 0.2) is 12.1 Å². The van der Waals surface area contributed by atoms with Gasteiger partial charge in [0.05, 0.1) is 7.11 Å². The van der Waals surface area contributed by atoms with Gasteiger partial charge in [0.15, 0.2) is 0 Å². The Hall–Kier alpha value is -1.09. The molecule has 1 aromatic carbocycles. The number of fused-ring (bicyclic) bond motifs is 4. The Morgan fingerprint density at radius 3 is 2.85 bits per heavy atom. The first-order valence-electron chi connectivity index (χ1n) is 7.69. The van der Waals surface area contributed by atoms with Gasteiger partial charge >= 0.3 is 0 Å². The molecule has 3 atom stereocenters. The van der Waals surface area contributed by atoms with Crippen molar-refractivity contribution in [3.8, 4) is 5.75 Å². The molecule has 0 radical (unpaired) electrons. The van der Waals surface area contributed by atoms with E-state index in [1.807, 2.05) is 6.07 Å². The van der Waals surface area contributed by atoms with Crippen LogP contribution in [0.25, 0.3) is 0 Å².